The Kier molecular flexibility index (Phi) is 2.51. The monoisotopic (exact) mass is 202 g/mol. The second kappa shape index (κ2) is 3.82. The largest absolute Gasteiger partial charge is 0.489 e. The molecule has 1 atom stereocenters. The summed E-state index contributed by atoms with van der Waals surface area (Å²) >= 11 is 0. The van der Waals surface area contributed by atoms with Crippen LogP contribution in [0.5, 0.6) is 5.75 Å². The van der Waals surface area contributed by atoms with Crippen LogP contribution in [-0.4, -0.2) is 19.7 Å². The Labute approximate surface area is 89.9 Å². The fourth-order valence-electron chi connectivity index (χ4n) is 1.98. The zero-order valence-corrected chi connectivity index (χ0v) is 9.03. The second-order valence-electron chi connectivity index (χ2n) is 3.86. The molecule has 1 aromatic rings. The molecule has 0 aromatic heterocycles. The standard InChI is InChI=1S/C12H14N2O/c1-9-4-3-5-11-12(9)14(2)10(6-7-13)8-15-11/h3-5,10H,6,8H2,1-2H3. The van der Waals surface area contributed by atoms with Crippen LogP contribution in [0.4, 0.5) is 5.69 Å². The summed E-state index contributed by atoms with van der Waals surface area (Å²) in [5.74, 6) is 0.923. The van der Waals surface area contributed by atoms with Gasteiger partial charge < -0.3 is 9.64 Å². The van der Waals surface area contributed by atoms with Crippen LogP contribution in [-0.2, 0) is 0 Å². The predicted molar refractivity (Wildman–Crippen MR) is 59.1 cm³/mol. The number of para-hydroxylation sites is 1. The van der Waals surface area contributed by atoms with Gasteiger partial charge in [0.1, 0.15) is 12.4 Å². The minimum atomic E-state index is 0.170. The molecule has 0 spiro atoms. The van der Waals surface area contributed by atoms with Crippen molar-refractivity contribution < 1.29 is 4.74 Å². The summed E-state index contributed by atoms with van der Waals surface area (Å²) in [5.41, 5.74) is 2.31. The van der Waals surface area contributed by atoms with E-state index in [9.17, 15) is 0 Å². The van der Waals surface area contributed by atoms with Gasteiger partial charge in [-0.25, -0.2) is 0 Å². The van der Waals surface area contributed by atoms with Crippen molar-refractivity contribution in [3.05, 3.63) is 23.8 Å². The van der Waals surface area contributed by atoms with Crippen LogP contribution in [0, 0.1) is 18.3 Å². The van der Waals surface area contributed by atoms with Gasteiger partial charge in [0.15, 0.2) is 0 Å². The number of nitrogens with zero attached hydrogens (tertiary/aromatic N) is 2. The Morgan fingerprint density at radius 2 is 2.40 bits per heavy atom. The van der Waals surface area contributed by atoms with Crippen LogP contribution in [0.2, 0.25) is 0 Å². The third-order valence-corrected chi connectivity index (χ3v) is 2.86. The summed E-state index contributed by atoms with van der Waals surface area (Å²) in [7, 11) is 2.02. The summed E-state index contributed by atoms with van der Waals surface area (Å²) in [6, 6.07) is 8.40. The molecule has 2 rings (SSSR count). The molecule has 1 aliphatic heterocycles. The Hall–Kier alpha value is -1.69. The summed E-state index contributed by atoms with van der Waals surface area (Å²) in [4.78, 5) is 2.15. The normalized spacial score (nSPS) is 19.0. The topological polar surface area (TPSA) is 36.3 Å². The van der Waals surface area contributed by atoms with Gasteiger partial charge in [-0.1, -0.05) is 12.1 Å². The summed E-state index contributed by atoms with van der Waals surface area (Å²) in [6.45, 7) is 2.66. The lowest BCUT2D eigenvalue weighted by Crippen LogP contribution is -2.40. The fourth-order valence-corrected chi connectivity index (χ4v) is 1.98. The molecule has 0 saturated carbocycles. The molecule has 0 N–H and O–H groups in total. The molecule has 0 bridgehead atoms. The molecule has 78 valence electrons. The number of likely N-dealkylation sites (N-methyl/N-ethyl adjacent to an activating group) is 1. The van der Waals surface area contributed by atoms with Gasteiger partial charge in [0.25, 0.3) is 0 Å². The quantitative estimate of drug-likeness (QED) is 0.699. The van der Waals surface area contributed by atoms with Crippen LogP contribution in [0.3, 0.4) is 0 Å². The van der Waals surface area contributed by atoms with E-state index in [1.807, 2.05) is 19.2 Å². The van der Waals surface area contributed by atoms with E-state index in [0.717, 1.165) is 11.4 Å². The van der Waals surface area contributed by atoms with Crippen molar-refractivity contribution in [3.8, 4) is 11.8 Å². The number of fused-ring (bicyclic) bond motifs is 1. The van der Waals surface area contributed by atoms with Gasteiger partial charge in [0.05, 0.1) is 24.2 Å². The minimum Gasteiger partial charge on any atom is -0.489 e. The van der Waals surface area contributed by atoms with Gasteiger partial charge in [-0.3, -0.25) is 0 Å². The van der Waals surface area contributed by atoms with Crippen molar-refractivity contribution in [3.63, 3.8) is 0 Å². The maximum atomic E-state index is 8.72. The average Bonchev–Trinajstić information content (AvgIpc) is 2.22. The summed E-state index contributed by atoms with van der Waals surface area (Å²) < 4.78 is 5.65. The zero-order chi connectivity index (χ0) is 10.8. The number of rotatable bonds is 1. The van der Waals surface area contributed by atoms with E-state index in [0.29, 0.717) is 13.0 Å². The first-order valence-electron chi connectivity index (χ1n) is 5.06. The van der Waals surface area contributed by atoms with Crippen LogP contribution in [0.25, 0.3) is 0 Å². The van der Waals surface area contributed by atoms with Crippen molar-refractivity contribution in [1.29, 1.82) is 5.26 Å². The second-order valence-corrected chi connectivity index (χ2v) is 3.86. The van der Waals surface area contributed by atoms with Gasteiger partial charge in [0, 0.05) is 7.05 Å². The number of hydrogen-bond donors (Lipinski definition) is 0. The molecule has 1 heterocycles. The lowest BCUT2D eigenvalue weighted by molar-refractivity contribution is 0.267. The van der Waals surface area contributed by atoms with Crippen molar-refractivity contribution >= 4 is 5.69 Å². The maximum absolute atomic E-state index is 8.72. The lowest BCUT2D eigenvalue weighted by Gasteiger charge is -2.35. The molecule has 1 aliphatic rings. The maximum Gasteiger partial charge on any atom is 0.142 e. The highest BCUT2D eigenvalue weighted by molar-refractivity contribution is 5.65. The van der Waals surface area contributed by atoms with Gasteiger partial charge in [0.2, 0.25) is 0 Å². The molecular weight excluding hydrogens is 188 g/mol. The summed E-state index contributed by atoms with van der Waals surface area (Å²) in [5, 5.41) is 8.72. The first-order chi connectivity index (χ1) is 7.24. The van der Waals surface area contributed by atoms with E-state index in [-0.39, 0.29) is 6.04 Å². The molecule has 0 saturated heterocycles. The van der Waals surface area contributed by atoms with E-state index in [2.05, 4.69) is 24.0 Å². The van der Waals surface area contributed by atoms with E-state index >= 15 is 0 Å². The van der Waals surface area contributed by atoms with Crippen molar-refractivity contribution in [1.82, 2.24) is 0 Å². The lowest BCUT2D eigenvalue weighted by atomic mass is 10.1. The Bertz CT molecular complexity index is 409. The SMILES string of the molecule is Cc1cccc2c1N(C)C(CC#N)CO2. The summed E-state index contributed by atoms with van der Waals surface area (Å²) in [6.07, 6.45) is 0.504. The predicted octanol–water partition coefficient (Wildman–Crippen LogP) is 2.11. The average molecular weight is 202 g/mol. The number of benzene rings is 1. The number of ether oxygens (including phenoxy) is 1. The van der Waals surface area contributed by atoms with E-state index in [1.54, 1.807) is 0 Å². The van der Waals surface area contributed by atoms with Crippen LogP contribution in [0.1, 0.15) is 12.0 Å². The van der Waals surface area contributed by atoms with Gasteiger partial charge >= 0.3 is 0 Å². The molecule has 0 radical (unpaired) electrons. The van der Waals surface area contributed by atoms with Crippen LogP contribution < -0.4 is 9.64 Å². The molecule has 15 heavy (non-hydrogen) atoms. The van der Waals surface area contributed by atoms with Crippen molar-refractivity contribution in [2.45, 2.75) is 19.4 Å². The third kappa shape index (κ3) is 1.63. The van der Waals surface area contributed by atoms with Crippen molar-refractivity contribution in [2.24, 2.45) is 0 Å². The van der Waals surface area contributed by atoms with E-state index in [1.165, 1.54) is 5.56 Å². The number of aryl methyl sites for hydroxylation is 1. The fraction of sp³-hybridized carbons (Fsp3) is 0.417. The van der Waals surface area contributed by atoms with Gasteiger partial charge in [-0.15, -0.1) is 0 Å². The molecular formula is C12H14N2O. The minimum absolute atomic E-state index is 0.170. The molecule has 0 aliphatic carbocycles. The van der Waals surface area contributed by atoms with Crippen molar-refractivity contribution in [2.75, 3.05) is 18.6 Å². The molecule has 3 nitrogen and oxygen atoms in total. The highest BCUT2D eigenvalue weighted by atomic mass is 16.5. The smallest absolute Gasteiger partial charge is 0.142 e. The first-order valence-corrected chi connectivity index (χ1v) is 5.06. The molecule has 0 fully saturated rings. The van der Waals surface area contributed by atoms with Crippen LogP contribution >= 0.6 is 0 Å². The molecule has 0 amide bonds. The molecule has 1 unspecified atom stereocenters. The zero-order valence-electron chi connectivity index (χ0n) is 9.03. The number of hydrogen-bond acceptors (Lipinski definition) is 3. The highest BCUT2D eigenvalue weighted by Gasteiger charge is 2.25. The third-order valence-electron chi connectivity index (χ3n) is 2.86. The number of nitriles is 1. The molecule has 3 heteroatoms. The van der Waals surface area contributed by atoms with Crippen LogP contribution in [0.15, 0.2) is 18.2 Å². The van der Waals surface area contributed by atoms with E-state index in [4.69, 9.17) is 10.00 Å². The molecule has 1 aromatic carbocycles. The Morgan fingerprint density at radius 1 is 1.60 bits per heavy atom. The van der Waals surface area contributed by atoms with E-state index < -0.39 is 0 Å². The first kappa shape index (κ1) is 9.85. The van der Waals surface area contributed by atoms with Gasteiger partial charge in [-0.2, -0.15) is 5.26 Å². The highest BCUT2D eigenvalue weighted by Crippen LogP contribution is 2.36. The Balaban J connectivity index is 2.37. The Morgan fingerprint density at radius 3 is 3.13 bits per heavy atom. The van der Waals surface area contributed by atoms with Gasteiger partial charge in [-0.05, 0) is 18.6 Å². The number of anilines is 1.